The maximum Gasteiger partial charge on any atom is 0.251 e. The van der Waals surface area contributed by atoms with E-state index in [1.807, 2.05) is 43.3 Å². The van der Waals surface area contributed by atoms with Crippen molar-refractivity contribution in [3.8, 4) is 16.9 Å². The number of amides is 1. The normalized spacial score (nSPS) is 10.4. The van der Waals surface area contributed by atoms with Gasteiger partial charge < -0.3 is 10.4 Å². The Kier molecular flexibility index (Phi) is 5.14. The van der Waals surface area contributed by atoms with Crippen molar-refractivity contribution in [1.82, 2.24) is 5.32 Å². The lowest BCUT2D eigenvalue weighted by Gasteiger charge is -2.07. The Hall–Kier alpha value is -3.07. The van der Waals surface area contributed by atoms with Crippen LogP contribution in [-0.4, -0.2) is 17.6 Å². The molecule has 0 aromatic heterocycles. The van der Waals surface area contributed by atoms with Gasteiger partial charge >= 0.3 is 0 Å². The average molecular weight is 331 g/mol. The van der Waals surface area contributed by atoms with Crippen molar-refractivity contribution >= 4 is 5.91 Å². The molecule has 25 heavy (non-hydrogen) atoms. The van der Waals surface area contributed by atoms with Crippen LogP contribution in [0.15, 0.2) is 72.8 Å². The first kappa shape index (κ1) is 16.8. The molecule has 0 spiro atoms. The summed E-state index contributed by atoms with van der Waals surface area (Å²) in [6.07, 6.45) is 0.785. The van der Waals surface area contributed by atoms with Crippen LogP contribution in [0, 0.1) is 6.92 Å². The molecule has 0 unspecified atom stereocenters. The van der Waals surface area contributed by atoms with Gasteiger partial charge in [-0.25, -0.2) is 0 Å². The van der Waals surface area contributed by atoms with Gasteiger partial charge in [0, 0.05) is 12.1 Å². The summed E-state index contributed by atoms with van der Waals surface area (Å²) >= 11 is 0. The summed E-state index contributed by atoms with van der Waals surface area (Å²) in [7, 11) is 0. The minimum absolute atomic E-state index is 0.0410. The van der Waals surface area contributed by atoms with Crippen molar-refractivity contribution in [2.45, 2.75) is 13.3 Å². The van der Waals surface area contributed by atoms with Gasteiger partial charge in [0.15, 0.2) is 0 Å². The van der Waals surface area contributed by atoms with Crippen LogP contribution in [0.25, 0.3) is 11.1 Å². The molecule has 3 heteroatoms. The second-order valence-corrected chi connectivity index (χ2v) is 6.12. The van der Waals surface area contributed by atoms with Crippen LogP contribution >= 0.6 is 0 Å². The summed E-state index contributed by atoms with van der Waals surface area (Å²) < 4.78 is 0. The first-order chi connectivity index (χ1) is 12.1. The summed E-state index contributed by atoms with van der Waals surface area (Å²) in [5, 5.41) is 12.3. The predicted molar refractivity (Wildman–Crippen MR) is 101 cm³/mol. The number of nitrogens with one attached hydrogen (secondary N) is 1. The molecule has 1 amide bonds. The molecule has 0 saturated heterocycles. The van der Waals surface area contributed by atoms with E-state index < -0.39 is 0 Å². The van der Waals surface area contributed by atoms with Crippen LogP contribution in [0.1, 0.15) is 21.5 Å². The predicted octanol–water partition coefficient (Wildman–Crippen LogP) is 4.34. The SMILES string of the molecule is Cc1ccc(C(=O)NCCc2ccc(-c3ccc(O)cc3)cc2)cc1. The monoisotopic (exact) mass is 331 g/mol. The van der Waals surface area contributed by atoms with E-state index in [1.165, 1.54) is 5.56 Å². The van der Waals surface area contributed by atoms with Crippen LogP contribution in [0.3, 0.4) is 0 Å². The van der Waals surface area contributed by atoms with Crippen molar-refractivity contribution < 1.29 is 9.90 Å². The summed E-state index contributed by atoms with van der Waals surface area (Å²) in [5.74, 6) is 0.227. The molecule has 126 valence electrons. The highest BCUT2D eigenvalue weighted by molar-refractivity contribution is 5.94. The van der Waals surface area contributed by atoms with Crippen LogP contribution < -0.4 is 5.32 Å². The summed E-state index contributed by atoms with van der Waals surface area (Å²) in [5.41, 5.74) is 5.18. The Morgan fingerprint density at radius 1 is 0.840 bits per heavy atom. The molecule has 0 aliphatic rings. The fraction of sp³-hybridized carbons (Fsp3) is 0.136. The van der Waals surface area contributed by atoms with E-state index in [4.69, 9.17) is 0 Å². The molecule has 0 atom stereocenters. The molecule has 3 aromatic carbocycles. The second-order valence-electron chi connectivity index (χ2n) is 6.12. The van der Waals surface area contributed by atoms with Crippen molar-refractivity contribution in [1.29, 1.82) is 0 Å². The third-order valence-corrected chi connectivity index (χ3v) is 4.17. The van der Waals surface area contributed by atoms with Gasteiger partial charge in [-0.3, -0.25) is 4.79 Å². The number of benzene rings is 3. The highest BCUT2D eigenvalue weighted by atomic mass is 16.3. The van der Waals surface area contributed by atoms with E-state index >= 15 is 0 Å². The van der Waals surface area contributed by atoms with E-state index in [0.717, 1.165) is 23.1 Å². The molecule has 0 heterocycles. The van der Waals surface area contributed by atoms with Gasteiger partial charge in [-0.2, -0.15) is 0 Å². The smallest absolute Gasteiger partial charge is 0.251 e. The molecular formula is C22H21NO2. The number of aryl methyl sites for hydroxylation is 1. The van der Waals surface area contributed by atoms with Gasteiger partial charge in [0.2, 0.25) is 0 Å². The molecule has 3 aromatic rings. The van der Waals surface area contributed by atoms with Crippen LogP contribution in [0.2, 0.25) is 0 Å². The molecular weight excluding hydrogens is 310 g/mol. The Morgan fingerprint density at radius 3 is 2.00 bits per heavy atom. The van der Waals surface area contributed by atoms with Gasteiger partial charge in [0.25, 0.3) is 5.91 Å². The topological polar surface area (TPSA) is 49.3 Å². The fourth-order valence-electron chi connectivity index (χ4n) is 2.65. The van der Waals surface area contributed by atoms with E-state index in [9.17, 15) is 9.90 Å². The van der Waals surface area contributed by atoms with Gasteiger partial charge in [-0.15, -0.1) is 0 Å². The summed E-state index contributed by atoms with van der Waals surface area (Å²) in [6.45, 7) is 2.61. The number of hydrogen-bond donors (Lipinski definition) is 2. The maximum absolute atomic E-state index is 12.1. The van der Waals surface area contributed by atoms with E-state index in [0.29, 0.717) is 12.1 Å². The van der Waals surface area contributed by atoms with Gasteiger partial charge in [-0.05, 0) is 54.3 Å². The lowest BCUT2D eigenvalue weighted by Crippen LogP contribution is -2.25. The molecule has 0 radical (unpaired) electrons. The lowest BCUT2D eigenvalue weighted by molar-refractivity contribution is 0.0954. The van der Waals surface area contributed by atoms with Crippen molar-refractivity contribution in [3.05, 3.63) is 89.5 Å². The first-order valence-corrected chi connectivity index (χ1v) is 8.35. The fourth-order valence-corrected chi connectivity index (χ4v) is 2.65. The Balaban J connectivity index is 1.54. The molecule has 3 nitrogen and oxygen atoms in total. The van der Waals surface area contributed by atoms with Crippen molar-refractivity contribution in [3.63, 3.8) is 0 Å². The molecule has 3 rings (SSSR count). The average Bonchev–Trinajstić information content (AvgIpc) is 2.63. The van der Waals surface area contributed by atoms with Crippen LogP contribution in [0.5, 0.6) is 5.75 Å². The number of hydrogen-bond acceptors (Lipinski definition) is 2. The standard InChI is InChI=1S/C22H21NO2/c1-16-2-6-20(7-3-16)22(25)23-15-14-17-4-8-18(9-5-17)19-10-12-21(24)13-11-19/h2-13,24H,14-15H2,1H3,(H,23,25). The van der Waals surface area contributed by atoms with Gasteiger partial charge in [0.05, 0.1) is 0 Å². The number of aromatic hydroxyl groups is 1. The highest BCUT2D eigenvalue weighted by Gasteiger charge is 2.04. The molecule has 0 bridgehead atoms. The van der Waals surface area contributed by atoms with Gasteiger partial charge in [0.1, 0.15) is 5.75 Å². The summed E-state index contributed by atoms with van der Waals surface area (Å²) in [4.78, 5) is 12.1. The number of phenols is 1. The number of carbonyl (C=O) groups is 1. The Bertz CT molecular complexity index is 835. The molecule has 2 N–H and O–H groups in total. The van der Waals surface area contributed by atoms with Crippen LogP contribution in [-0.2, 0) is 6.42 Å². The maximum atomic E-state index is 12.1. The first-order valence-electron chi connectivity index (χ1n) is 8.35. The zero-order chi connectivity index (χ0) is 17.6. The minimum atomic E-state index is -0.0410. The minimum Gasteiger partial charge on any atom is -0.508 e. The molecule has 0 aliphatic heterocycles. The second kappa shape index (κ2) is 7.67. The van der Waals surface area contributed by atoms with Crippen molar-refractivity contribution in [2.24, 2.45) is 0 Å². The molecule has 0 aliphatic carbocycles. The third-order valence-electron chi connectivity index (χ3n) is 4.17. The highest BCUT2D eigenvalue weighted by Crippen LogP contribution is 2.22. The quantitative estimate of drug-likeness (QED) is 0.730. The molecule has 0 saturated carbocycles. The van der Waals surface area contributed by atoms with Crippen molar-refractivity contribution in [2.75, 3.05) is 6.54 Å². The summed E-state index contributed by atoms with van der Waals surface area (Å²) in [6, 6.07) is 23.0. The number of carbonyl (C=O) groups excluding carboxylic acids is 1. The Morgan fingerprint density at radius 2 is 1.40 bits per heavy atom. The van der Waals surface area contributed by atoms with E-state index in [-0.39, 0.29) is 11.7 Å². The Labute approximate surface area is 148 Å². The number of rotatable bonds is 5. The van der Waals surface area contributed by atoms with E-state index in [1.54, 1.807) is 12.1 Å². The van der Waals surface area contributed by atoms with Crippen LogP contribution in [0.4, 0.5) is 0 Å². The number of phenolic OH excluding ortho intramolecular Hbond substituents is 1. The largest absolute Gasteiger partial charge is 0.508 e. The third kappa shape index (κ3) is 4.48. The zero-order valence-electron chi connectivity index (χ0n) is 14.2. The lowest BCUT2D eigenvalue weighted by atomic mass is 10.0. The van der Waals surface area contributed by atoms with Gasteiger partial charge in [-0.1, -0.05) is 54.1 Å². The molecule has 0 fully saturated rings. The van der Waals surface area contributed by atoms with E-state index in [2.05, 4.69) is 29.6 Å². The zero-order valence-corrected chi connectivity index (χ0v) is 14.2.